The number of nitrogen functional groups attached to an aromatic ring is 1. The summed E-state index contributed by atoms with van der Waals surface area (Å²) in [6.07, 6.45) is -4.58. The lowest BCUT2D eigenvalue weighted by atomic mass is 10.1. The second-order valence-electron chi connectivity index (χ2n) is 3.55. The van der Waals surface area contributed by atoms with E-state index in [-0.39, 0.29) is 16.7 Å². The van der Waals surface area contributed by atoms with E-state index >= 15 is 0 Å². The van der Waals surface area contributed by atoms with Gasteiger partial charge in [-0.3, -0.25) is 0 Å². The molecule has 0 fully saturated rings. The molecule has 2 aromatic rings. The minimum atomic E-state index is -4.58. The highest BCUT2D eigenvalue weighted by Crippen LogP contribution is 2.38. The number of benzene rings is 1. The summed E-state index contributed by atoms with van der Waals surface area (Å²) in [4.78, 5) is 0. The molecular weight excluding hydrogens is 283 g/mol. The Hall–Kier alpha value is -2.02. The van der Waals surface area contributed by atoms with Crippen LogP contribution in [0.2, 0.25) is 5.15 Å². The Kier molecular flexibility index (Phi) is 3.48. The lowest BCUT2D eigenvalue weighted by Gasteiger charge is -2.13. The average molecular weight is 290 g/mol. The maximum atomic E-state index is 12.8. The highest BCUT2D eigenvalue weighted by Gasteiger charge is 2.34. The minimum absolute atomic E-state index is 0.0122. The number of halogens is 4. The topological polar surface area (TPSA) is 61.0 Å². The van der Waals surface area contributed by atoms with Gasteiger partial charge in [0.1, 0.15) is 11.3 Å². The molecule has 0 saturated carbocycles. The van der Waals surface area contributed by atoms with Gasteiger partial charge in [0.15, 0.2) is 5.15 Å². The lowest BCUT2D eigenvalue weighted by molar-refractivity contribution is -0.138. The molecule has 8 heteroatoms. The SMILES string of the molecule is Nc1ccc(Oc2ccc(Cl)nn2)c(C(F)(F)F)c1. The molecule has 0 radical (unpaired) electrons. The van der Waals surface area contributed by atoms with E-state index in [1.807, 2.05) is 0 Å². The Labute approximate surface area is 111 Å². The summed E-state index contributed by atoms with van der Waals surface area (Å²) in [5.74, 6) is -0.502. The van der Waals surface area contributed by atoms with E-state index in [4.69, 9.17) is 22.1 Å². The molecule has 0 saturated heterocycles. The van der Waals surface area contributed by atoms with E-state index in [9.17, 15) is 13.2 Å². The van der Waals surface area contributed by atoms with Crippen molar-refractivity contribution in [1.29, 1.82) is 0 Å². The molecule has 2 N–H and O–H groups in total. The molecule has 0 atom stereocenters. The summed E-state index contributed by atoms with van der Waals surface area (Å²) in [5.41, 5.74) is 4.34. The molecule has 0 unspecified atom stereocenters. The van der Waals surface area contributed by atoms with Gasteiger partial charge in [0.05, 0.1) is 0 Å². The van der Waals surface area contributed by atoms with Gasteiger partial charge in [-0.2, -0.15) is 13.2 Å². The molecule has 0 spiro atoms. The van der Waals surface area contributed by atoms with Gasteiger partial charge in [-0.1, -0.05) is 11.6 Å². The molecule has 2 rings (SSSR count). The van der Waals surface area contributed by atoms with Crippen LogP contribution >= 0.6 is 11.6 Å². The normalized spacial score (nSPS) is 11.4. The Balaban J connectivity index is 2.37. The van der Waals surface area contributed by atoms with E-state index in [0.717, 1.165) is 12.1 Å². The molecular formula is C11H7ClF3N3O. The van der Waals surface area contributed by atoms with Crippen molar-refractivity contribution in [3.8, 4) is 11.6 Å². The van der Waals surface area contributed by atoms with Crippen LogP contribution in [0.15, 0.2) is 30.3 Å². The second kappa shape index (κ2) is 4.93. The quantitative estimate of drug-likeness (QED) is 0.859. The fraction of sp³-hybridized carbons (Fsp3) is 0.0909. The van der Waals surface area contributed by atoms with Crippen LogP contribution in [0.25, 0.3) is 0 Å². The van der Waals surface area contributed by atoms with Crippen LogP contribution in [-0.2, 0) is 6.18 Å². The fourth-order valence-corrected chi connectivity index (χ4v) is 1.43. The van der Waals surface area contributed by atoms with Crippen molar-refractivity contribution < 1.29 is 17.9 Å². The molecule has 0 aliphatic carbocycles. The first-order chi connectivity index (χ1) is 8.86. The summed E-state index contributed by atoms with van der Waals surface area (Å²) >= 11 is 5.51. The number of ether oxygens (including phenoxy) is 1. The van der Waals surface area contributed by atoms with Gasteiger partial charge < -0.3 is 10.5 Å². The van der Waals surface area contributed by atoms with E-state index in [0.29, 0.717) is 0 Å². The van der Waals surface area contributed by atoms with E-state index in [1.165, 1.54) is 18.2 Å². The zero-order valence-electron chi connectivity index (χ0n) is 9.28. The van der Waals surface area contributed by atoms with Crippen LogP contribution in [-0.4, -0.2) is 10.2 Å². The van der Waals surface area contributed by atoms with Crippen LogP contribution in [0, 0.1) is 0 Å². The summed E-state index contributed by atoms with van der Waals surface area (Å²) in [6.45, 7) is 0. The van der Waals surface area contributed by atoms with Crippen LogP contribution < -0.4 is 10.5 Å². The van der Waals surface area contributed by atoms with E-state index < -0.39 is 17.5 Å². The van der Waals surface area contributed by atoms with Crippen molar-refractivity contribution in [1.82, 2.24) is 10.2 Å². The van der Waals surface area contributed by atoms with Crippen LogP contribution in [0.3, 0.4) is 0 Å². The fourth-order valence-electron chi connectivity index (χ4n) is 1.33. The molecule has 0 amide bonds. The first-order valence-electron chi connectivity index (χ1n) is 5.00. The molecule has 1 aromatic carbocycles. The van der Waals surface area contributed by atoms with Gasteiger partial charge >= 0.3 is 6.18 Å². The minimum Gasteiger partial charge on any atom is -0.437 e. The predicted molar refractivity (Wildman–Crippen MR) is 63.0 cm³/mol. The predicted octanol–water partition coefficient (Wildman–Crippen LogP) is 3.52. The third-order valence-corrected chi connectivity index (χ3v) is 2.33. The molecule has 1 heterocycles. The zero-order chi connectivity index (χ0) is 14.0. The van der Waals surface area contributed by atoms with Crippen molar-refractivity contribution in [3.05, 3.63) is 41.0 Å². The average Bonchev–Trinajstić information content (AvgIpc) is 2.33. The highest BCUT2D eigenvalue weighted by molar-refractivity contribution is 6.29. The number of alkyl halides is 3. The summed E-state index contributed by atoms with van der Waals surface area (Å²) in [7, 11) is 0. The van der Waals surface area contributed by atoms with Crippen LogP contribution in [0.1, 0.15) is 5.56 Å². The van der Waals surface area contributed by atoms with Crippen molar-refractivity contribution in [3.63, 3.8) is 0 Å². The maximum Gasteiger partial charge on any atom is 0.420 e. The number of hydrogen-bond acceptors (Lipinski definition) is 4. The van der Waals surface area contributed by atoms with Gasteiger partial charge in [0.25, 0.3) is 0 Å². The van der Waals surface area contributed by atoms with Gasteiger partial charge in [-0.25, -0.2) is 0 Å². The lowest BCUT2D eigenvalue weighted by Crippen LogP contribution is -2.08. The molecule has 100 valence electrons. The van der Waals surface area contributed by atoms with Crippen molar-refractivity contribution in [2.75, 3.05) is 5.73 Å². The number of anilines is 1. The van der Waals surface area contributed by atoms with Gasteiger partial charge in [0.2, 0.25) is 5.88 Å². The number of aromatic nitrogens is 2. The number of hydrogen-bond donors (Lipinski definition) is 1. The highest BCUT2D eigenvalue weighted by atomic mass is 35.5. The molecule has 0 bridgehead atoms. The maximum absolute atomic E-state index is 12.8. The molecule has 4 nitrogen and oxygen atoms in total. The first-order valence-corrected chi connectivity index (χ1v) is 5.38. The Morgan fingerprint density at radius 1 is 1.11 bits per heavy atom. The smallest absolute Gasteiger partial charge is 0.420 e. The Bertz CT molecular complexity index is 587. The van der Waals surface area contributed by atoms with Crippen molar-refractivity contribution in [2.24, 2.45) is 0 Å². The number of nitrogens with two attached hydrogens (primary N) is 1. The third-order valence-electron chi connectivity index (χ3n) is 2.13. The summed E-state index contributed by atoms with van der Waals surface area (Å²) < 4.78 is 43.4. The van der Waals surface area contributed by atoms with Crippen LogP contribution in [0.4, 0.5) is 18.9 Å². The Morgan fingerprint density at radius 3 is 2.42 bits per heavy atom. The van der Waals surface area contributed by atoms with Gasteiger partial charge in [-0.05, 0) is 24.3 Å². The van der Waals surface area contributed by atoms with Gasteiger partial charge in [0, 0.05) is 11.8 Å². The molecule has 0 aliphatic rings. The number of rotatable bonds is 2. The molecule has 0 aliphatic heterocycles. The monoisotopic (exact) mass is 289 g/mol. The Morgan fingerprint density at radius 2 is 1.84 bits per heavy atom. The van der Waals surface area contributed by atoms with E-state index in [1.54, 1.807) is 0 Å². The van der Waals surface area contributed by atoms with Crippen molar-refractivity contribution in [2.45, 2.75) is 6.18 Å². The zero-order valence-corrected chi connectivity index (χ0v) is 10.0. The standard InChI is InChI=1S/C11H7ClF3N3O/c12-9-3-4-10(18-17-9)19-8-2-1-6(16)5-7(8)11(13,14)15/h1-5H,16H2. The van der Waals surface area contributed by atoms with E-state index in [2.05, 4.69) is 10.2 Å². The van der Waals surface area contributed by atoms with Crippen LogP contribution in [0.5, 0.6) is 11.6 Å². The second-order valence-corrected chi connectivity index (χ2v) is 3.94. The molecule has 1 aromatic heterocycles. The number of nitrogens with zero attached hydrogens (tertiary/aromatic N) is 2. The molecule has 19 heavy (non-hydrogen) atoms. The largest absolute Gasteiger partial charge is 0.437 e. The van der Waals surface area contributed by atoms with Crippen molar-refractivity contribution >= 4 is 17.3 Å². The first kappa shape index (κ1) is 13.4. The summed E-state index contributed by atoms with van der Waals surface area (Å²) in [5, 5.41) is 7.10. The van der Waals surface area contributed by atoms with Gasteiger partial charge in [-0.15, -0.1) is 10.2 Å². The summed E-state index contributed by atoms with van der Waals surface area (Å²) in [6, 6.07) is 5.88. The third kappa shape index (κ3) is 3.25.